The Labute approximate surface area is 174 Å². The second kappa shape index (κ2) is 9.96. The van der Waals surface area contributed by atoms with Gasteiger partial charge in [-0.15, -0.1) is 0 Å². The van der Waals surface area contributed by atoms with Crippen LogP contribution in [0.1, 0.15) is 6.92 Å². The third-order valence-corrected chi connectivity index (χ3v) is 5.02. The van der Waals surface area contributed by atoms with Gasteiger partial charge in [0, 0.05) is 6.92 Å². The lowest BCUT2D eigenvalue weighted by atomic mass is 9.95. The van der Waals surface area contributed by atoms with Crippen molar-refractivity contribution in [1.82, 2.24) is 5.32 Å². The van der Waals surface area contributed by atoms with Crippen molar-refractivity contribution in [2.45, 2.75) is 68.3 Å². The topological polar surface area (TPSA) is 259 Å². The SMILES string of the molecule is CC(=O)N[C@@H]1[C@@H](O[C@@H]2O[C@H](C(=O)O)[C@@H](O)[C@H](O)[C@H]2O)[C@H](OS(=O)(=O)O)[C@@H](CO)O[C@H]1O. The van der Waals surface area contributed by atoms with E-state index >= 15 is 0 Å². The number of amides is 1. The molecule has 16 nitrogen and oxygen atoms in total. The van der Waals surface area contributed by atoms with E-state index in [0.29, 0.717) is 0 Å². The number of carboxylic acids is 1. The second-order valence-corrected chi connectivity index (χ2v) is 7.85. The molecule has 0 aromatic carbocycles. The number of ether oxygens (including phenoxy) is 3. The van der Waals surface area contributed by atoms with Gasteiger partial charge in [0.25, 0.3) is 0 Å². The zero-order valence-electron chi connectivity index (χ0n) is 15.8. The average molecular weight is 477 g/mol. The molecule has 0 aromatic heterocycles. The van der Waals surface area contributed by atoms with Crippen LogP contribution in [0.2, 0.25) is 0 Å². The molecule has 31 heavy (non-hydrogen) atoms. The normalized spacial score (nSPS) is 41.5. The Balaban J connectivity index is 2.42. The molecule has 10 atom stereocenters. The lowest BCUT2D eigenvalue weighted by Gasteiger charge is -2.46. The highest BCUT2D eigenvalue weighted by molar-refractivity contribution is 7.80. The molecule has 2 rings (SSSR count). The van der Waals surface area contributed by atoms with Gasteiger partial charge in [0.2, 0.25) is 5.91 Å². The van der Waals surface area contributed by atoms with Crippen LogP contribution in [0.5, 0.6) is 0 Å². The van der Waals surface area contributed by atoms with Crippen LogP contribution in [-0.2, 0) is 38.4 Å². The second-order valence-electron chi connectivity index (χ2n) is 6.80. The average Bonchev–Trinajstić information content (AvgIpc) is 2.64. The molecule has 2 heterocycles. The van der Waals surface area contributed by atoms with Gasteiger partial charge in [-0.1, -0.05) is 0 Å². The smallest absolute Gasteiger partial charge is 0.397 e. The fourth-order valence-electron chi connectivity index (χ4n) is 3.19. The number of aliphatic hydroxyl groups is 5. The number of carboxylic acid groups (broad SMARTS) is 1. The molecule has 0 spiro atoms. The van der Waals surface area contributed by atoms with E-state index in [1.54, 1.807) is 0 Å². The van der Waals surface area contributed by atoms with Crippen molar-refractivity contribution in [3.8, 4) is 0 Å². The van der Waals surface area contributed by atoms with E-state index in [1.807, 2.05) is 0 Å². The molecule has 17 heteroatoms. The molecule has 2 fully saturated rings. The summed E-state index contributed by atoms with van der Waals surface area (Å²) in [7, 11) is -5.22. The summed E-state index contributed by atoms with van der Waals surface area (Å²) < 4.78 is 51.3. The number of carbonyl (C=O) groups excluding carboxylic acids is 1. The number of hydrogen-bond acceptors (Lipinski definition) is 13. The molecule has 0 aliphatic carbocycles. The summed E-state index contributed by atoms with van der Waals surface area (Å²) >= 11 is 0. The van der Waals surface area contributed by atoms with Crippen LogP contribution < -0.4 is 5.32 Å². The molecule has 2 saturated heterocycles. The largest absolute Gasteiger partial charge is 0.479 e. The van der Waals surface area contributed by atoms with Crippen molar-refractivity contribution >= 4 is 22.3 Å². The van der Waals surface area contributed by atoms with Crippen LogP contribution in [0.4, 0.5) is 0 Å². The number of carbonyl (C=O) groups is 2. The van der Waals surface area contributed by atoms with Gasteiger partial charge in [0.05, 0.1) is 6.61 Å². The van der Waals surface area contributed by atoms with E-state index in [2.05, 4.69) is 9.50 Å². The molecule has 8 N–H and O–H groups in total. The monoisotopic (exact) mass is 477 g/mol. The summed E-state index contributed by atoms with van der Waals surface area (Å²) in [6.45, 7) is 0.0319. The Morgan fingerprint density at radius 3 is 2.13 bits per heavy atom. The molecule has 0 radical (unpaired) electrons. The maximum Gasteiger partial charge on any atom is 0.397 e. The number of hydrogen-bond donors (Lipinski definition) is 8. The van der Waals surface area contributed by atoms with Gasteiger partial charge in [0.1, 0.15) is 42.7 Å². The fourth-order valence-corrected chi connectivity index (χ4v) is 3.71. The highest BCUT2D eigenvalue weighted by Crippen LogP contribution is 2.30. The van der Waals surface area contributed by atoms with Gasteiger partial charge in [-0.05, 0) is 0 Å². The maximum absolute atomic E-state index is 11.5. The van der Waals surface area contributed by atoms with E-state index < -0.39 is 90.2 Å². The summed E-state index contributed by atoms with van der Waals surface area (Å²) in [6.07, 6.45) is -17.8. The molecule has 180 valence electrons. The molecule has 0 unspecified atom stereocenters. The summed E-state index contributed by atoms with van der Waals surface area (Å²) in [5.74, 6) is -2.52. The van der Waals surface area contributed by atoms with E-state index in [0.717, 1.165) is 6.92 Å². The molecule has 0 saturated carbocycles. The van der Waals surface area contributed by atoms with E-state index in [1.165, 1.54) is 0 Å². The zero-order chi connectivity index (χ0) is 23.7. The van der Waals surface area contributed by atoms with Crippen LogP contribution in [-0.4, -0.2) is 123 Å². The fraction of sp³-hybridized carbons (Fsp3) is 0.857. The standard InChI is InChI=1S/C14H23NO15S/c1-3(17)15-5-10(9(30-31(24,25)26)4(2-16)27-13(5)23)28-14-8(20)6(18)7(19)11(29-14)12(21)22/h4-11,13-14,16,18-20,23H,2H2,1H3,(H,15,17)(H,21,22)(H,24,25,26)/t4-,5-,6+,7+,8-,9-,10-,11+,13-,14-/m1/s1. The lowest BCUT2D eigenvalue weighted by Crippen LogP contribution is -2.68. The Hall–Kier alpha value is -1.51. The third kappa shape index (κ3) is 6.05. The predicted octanol–water partition coefficient (Wildman–Crippen LogP) is -5.33. The minimum absolute atomic E-state index is 0.779. The van der Waals surface area contributed by atoms with Crippen LogP contribution in [0.15, 0.2) is 0 Å². The minimum Gasteiger partial charge on any atom is -0.479 e. The molecular formula is C14H23NO15S. The highest BCUT2D eigenvalue weighted by atomic mass is 32.3. The van der Waals surface area contributed by atoms with Crippen LogP contribution >= 0.6 is 0 Å². The first-order valence-corrected chi connectivity index (χ1v) is 10.1. The van der Waals surface area contributed by atoms with Gasteiger partial charge in [-0.3, -0.25) is 9.35 Å². The van der Waals surface area contributed by atoms with Crippen molar-refractivity contribution in [1.29, 1.82) is 0 Å². The first-order valence-electron chi connectivity index (χ1n) is 8.72. The van der Waals surface area contributed by atoms with Crippen molar-refractivity contribution in [3.05, 3.63) is 0 Å². The van der Waals surface area contributed by atoms with Crippen LogP contribution in [0, 0.1) is 0 Å². The quantitative estimate of drug-likeness (QED) is 0.159. The highest BCUT2D eigenvalue weighted by Gasteiger charge is 2.53. The Morgan fingerprint density at radius 2 is 1.65 bits per heavy atom. The van der Waals surface area contributed by atoms with Gasteiger partial charge < -0.3 is 50.2 Å². The van der Waals surface area contributed by atoms with E-state index in [9.17, 15) is 43.5 Å². The number of rotatable bonds is 7. The predicted molar refractivity (Wildman–Crippen MR) is 91.2 cm³/mol. The first-order chi connectivity index (χ1) is 14.3. The molecule has 2 aliphatic heterocycles. The molecular weight excluding hydrogens is 454 g/mol. The zero-order valence-corrected chi connectivity index (χ0v) is 16.6. The third-order valence-electron chi connectivity index (χ3n) is 4.55. The van der Waals surface area contributed by atoms with Crippen molar-refractivity contribution in [2.24, 2.45) is 0 Å². The maximum atomic E-state index is 11.5. The molecule has 0 aromatic rings. The summed E-state index contributed by atoms with van der Waals surface area (Å²) in [6, 6.07) is -1.64. The number of nitrogens with one attached hydrogen (secondary N) is 1. The van der Waals surface area contributed by atoms with Crippen molar-refractivity contribution < 1.29 is 71.6 Å². The number of aliphatic carboxylic acids is 1. The summed E-state index contributed by atoms with van der Waals surface area (Å²) in [5, 5.41) is 60.6. The summed E-state index contributed by atoms with van der Waals surface area (Å²) in [4.78, 5) is 22.8. The van der Waals surface area contributed by atoms with Gasteiger partial charge in [0.15, 0.2) is 18.7 Å². The first kappa shape index (κ1) is 25.7. The van der Waals surface area contributed by atoms with E-state index in [-0.39, 0.29) is 0 Å². The Bertz CT molecular complexity index is 761. The van der Waals surface area contributed by atoms with Crippen LogP contribution in [0.3, 0.4) is 0 Å². The minimum atomic E-state index is -5.22. The van der Waals surface area contributed by atoms with Gasteiger partial charge in [-0.2, -0.15) is 8.42 Å². The Kier molecular flexibility index (Phi) is 8.27. The molecule has 0 bridgehead atoms. The Morgan fingerprint density at radius 1 is 1.03 bits per heavy atom. The van der Waals surface area contributed by atoms with Crippen molar-refractivity contribution in [3.63, 3.8) is 0 Å². The summed E-state index contributed by atoms with van der Waals surface area (Å²) in [5.41, 5.74) is 0. The van der Waals surface area contributed by atoms with Gasteiger partial charge in [-0.25, -0.2) is 8.98 Å². The van der Waals surface area contributed by atoms with Gasteiger partial charge >= 0.3 is 16.4 Å². The lowest BCUT2D eigenvalue weighted by molar-refractivity contribution is -0.334. The van der Waals surface area contributed by atoms with E-state index in [4.69, 9.17) is 23.9 Å². The van der Waals surface area contributed by atoms with Crippen molar-refractivity contribution in [2.75, 3.05) is 6.61 Å². The van der Waals surface area contributed by atoms with Crippen LogP contribution in [0.25, 0.3) is 0 Å². The molecule has 1 amide bonds. The number of aliphatic hydroxyl groups excluding tert-OH is 5. The molecule has 2 aliphatic rings.